The van der Waals surface area contributed by atoms with Crippen molar-refractivity contribution < 1.29 is 0 Å². The maximum absolute atomic E-state index is 6.36. The summed E-state index contributed by atoms with van der Waals surface area (Å²) in [6.45, 7) is 6.09. The third-order valence-electron chi connectivity index (χ3n) is 3.14. The lowest BCUT2D eigenvalue weighted by Gasteiger charge is -2.19. The summed E-state index contributed by atoms with van der Waals surface area (Å²) in [5, 5.41) is 5.59. The highest BCUT2D eigenvalue weighted by atomic mass is 35.5. The van der Waals surface area contributed by atoms with Crippen molar-refractivity contribution in [3.05, 3.63) is 51.3 Å². The Hall–Kier alpha value is -1.03. The van der Waals surface area contributed by atoms with Gasteiger partial charge >= 0.3 is 0 Å². The Bertz CT molecular complexity index is 590. The molecule has 0 spiro atoms. The number of rotatable bonds is 3. The van der Waals surface area contributed by atoms with E-state index in [0.717, 1.165) is 16.8 Å². The second kappa shape index (κ2) is 5.53. The van der Waals surface area contributed by atoms with Crippen molar-refractivity contribution in [1.29, 1.82) is 0 Å². The molecule has 2 N–H and O–H groups in total. The number of aromatic nitrogens is 2. The molecule has 0 aliphatic rings. The second-order valence-electron chi connectivity index (χ2n) is 4.89. The summed E-state index contributed by atoms with van der Waals surface area (Å²) >= 11 is 12.2. The topological polar surface area (TPSA) is 43.8 Å². The monoisotopic (exact) mass is 297 g/mol. The Morgan fingerprint density at radius 1 is 1.26 bits per heavy atom. The minimum Gasteiger partial charge on any atom is -0.319 e. The molecule has 0 bridgehead atoms. The number of aryl methyl sites for hydroxylation is 1. The summed E-state index contributed by atoms with van der Waals surface area (Å²) in [5.41, 5.74) is 9.25. The van der Waals surface area contributed by atoms with E-state index >= 15 is 0 Å². The molecular formula is C14H17Cl2N3. The predicted molar refractivity (Wildman–Crippen MR) is 79.8 cm³/mol. The Labute approximate surface area is 123 Å². The zero-order valence-corrected chi connectivity index (χ0v) is 12.7. The van der Waals surface area contributed by atoms with Crippen molar-refractivity contribution in [3.63, 3.8) is 0 Å². The van der Waals surface area contributed by atoms with Crippen LogP contribution in [0.3, 0.4) is 0 Å². The lowest BCUT2D eigenvalue weighted by Crippen LogP contribution is -2.20. The summed E-state index contributed by atoms with van der Waals surface area (Å²) in [6.07, 6.45) is 1.64. The molecule has 2 aromatic rings. The highest BCUT2D eigenvalue weighted by molar-refractivity contribution is 6.31. The maximum atomic E-state index is 6.36. The van der Waals surface area contributed by atoms with Crippen LogP contribution < -0.4 is 5.73 Å². The average molecular weight is 298 g/mol. The largest absolute Gasteiger partial charge is 0.319 e. The summed E-state index contributed by atoms with van der Waals surface area (Å²) in [6, 6.07) is 5.58. The van der Waals surface area contributed by atoms with E-state index in [0.29, 0.717) is 10.0 Å². The van der Waals surface area contributed by atoms with Gasteiger partial charge in [-0.2, -0.15) is 5.10 Å². The van der Waals surface area contributed by atoms with E-state index in [9.17, 15) is 0 Å². The zero-order chi connectivity index (χ0) is 14.2. The first-order valence-corrected chi connectivity index (χ1v) is 6.92. The van der Waals surface area contributed by atoms with Crippen molar-refractivity contribution in [2.75, 3.05) is 0 Å². The summed E-state index contributed by atoms with van der Waals surface area (Å²) in [7, 11) is 0. The normalized spacial score (nSPS) is 13.0. The van der Waals surface area contributed by atoms with Gasteiger partial charge < -0.3 is 5.73 Å². The van der Waals surface area contributed by atoms with Gasteiger partial charge in [0.2, 0.25) is 0 Å². The van der Waals surface area contributed by atoms with E-state index in [1.165, 1.54) is 0 Å². The molecule has 1 aromatic heterocycles. The maximum Gasteiger partial charge on any atom is 0.0837 e. The van der Waals surface area contributed by atoms with Crippen molar-refractivity contribution >= 4 is 23.2 Å². The van der Waals surface area contributed by atoms with Crippen LogP contribution in [0.1, 0.15) is 42.8 Å². The van der Waals surface area contributed by atoms with Gasteiger partial charge in [0.25, 0.3) is 0 Å². The number of hydrogen-bond donors (Lipinski definition) is 1. The van der Waals surface area contributed by atoms with Gasteiger partial charge in [-0.05, 0) is 44.0 Å². The van der Waals surface area contributed by atoms with Gasteiger partial charge in [0, 0.05) is 11.1 Å². The molecule has 0 saturated carbocycles. The van der Waals surface area contributed by atoms with E-state index in [1.807, 2.05) is 43.7 Å². The van der Waals surface area contributed by atoms with E-state index in [-0.39, 0.29) is 12.1 Å². The van der Waals surface area contributed by atoms with E-state index in [2.05, 4.69) is 5.10 Å². The fraction of sp³-hybridized carbons (Fsp3) is 0.357. The predicted octanol–water partition coefficient (Wildman–Crippen LogP) is 4.13. The third-order valence-corrected chi connectivity index (χ3v) is 3.66. The van der Waals surface area contributed by atoms with Crippen LogP contribution in [0.15, 0.2) is 24.4 Å². The van der Waals surface area contributed by atoms with Crippen molar-refractivity contribution in [2.24, 2.45) is 5.73 Å². The molecule has 1 unspecified atom stereocenters. The van der Waals surface area contributed by atoms with Crippen LogP contribution in [0, 0.1) is 6.92 Å². The number of halogens is 2. The first kappa shape index (κ1) is 14.4. The molecule has 2 rings (SSSR count). The van der Waals surface area contributed by atoms with Crippen LogP contribution in [-0.4, -0.2) is 9.78 Å². The van der Waals surface area contributed by atoms with Crippen LogP contribution >= 0.6 is 23.2 Å². The lowest BCUT2D eigenvalue weighted by molar-refractivity contribution is 0.499. The summed E-state index contributed by atoms with van der Waals surface area (Å²) in [4.78, 5) is 0. The van der Waals surface area contributed by atoms with Crippen LogP contribution in [0.5, 0.6) is 0 Å². The summed E-state index contributed by atoms with van der Waals surface area (Å²) < 4.78 is 1.86. The van der Waals surface area contributed by atoms with Gasteiger partial charge in [0.1, 0.15) is 0 Å². The van der Waals surface area contributed by atoms with Crippen molar-refractivity contribution in [1.82, 2.24) is 9.78 Å². The molecule has 0 fully saturated rings. The molecule has 19 heavy (non-hydrogen) atoms. The molecule has 1 atom stereocenters. The minimum atomic E-state index is -0.310. The molecule has 5 heteroatoms. The fourth-order valence-corrected chi connectivity index (χ4v) is 2.66. The molecule has 0 aliphatic heterocycles. The standard InChI is InChI=1S/C14H17Cl2N3/c1-8(2)19-14(12(16)7-18-19)13(17)11-5-4-10(15)6-9(11)3/h4-8,13H,17H2,1-3H3. The zero-order valence-electron chi connectivity index (χ0n) is 11.2. The van der Waals surface area contributed by atoms with Gasteiger partial charge in [0.05, 0.1) is 23.0 Å². The molecule has 102 valence electrons. The smallest absolute Gasteiger partial charge is 0.0837 e. The van der Waals surface area contributed by atoms with Gasteiger partial charge in [0.15, 0.2) is 0 Å². The Kier molecular flexibility index (Phi) is 4.19. The van der Waals surface area contributed by atoms with Crippen molar-refractivity contribution in [2.45, 2.75) is 32.9 Å². The quantitative estimate of drug-likeness (QED) is 0.926. The van der Waals surface area contributed by atoms with E-state index in [1.54, 1.807) is 6.20 Å². The molecule has 0 radical (unpaired) electrons. The number of nitrogens with zero attached hydrogens (tertiary/aromatic N) is 2. The Balaban J connectivity index is 2.49. The molecule has 1 aromatic carbocycles. The Morgan fingerprint density at radius 2 is 1.95 bits per heavy atom. The number of benzene rings is 1. The lowest BCUT2D eigenvalue weighted by atomic mass is 9.99. The number of nitrogens with two attached hydrogens (primary N) is 1. The molecular weight excluding hydrogens is 281 g/mol. The van der Waals surface area contributed by atoms with E-state index in [4.69, 9.17) is 28.9 Å². The number of hydrogen-bond acceptors (Lipinski definition) is 2. The molecule has 3 nitrogen and oxygen atoms in total. The molecule has 1 heterocycles. The van der Waals surface area contributed by atoms with Gasteiger partial charge in [-0.3, -0.25) is 4.68 Å². The second-order valence-corrected chi connectivity index (χ2v) is 5.74. The van der Waals surface area contributed by atoms with Gasteiger partial charge in [-0.15, -0.1) is 0 Å². The highest BCUT2D eigenvalue weighted by Crippen LogP contribution is 2.30. The highest BCUT2D eigenvalue weighted by Gasteiger charge is 2.21. The van der Waals surface area contributed by atoms with Crippen LogP contribution in [0.4, 0.5) is 0 Å². The fourth-order valence-electron chi connectivity index (χ4n) is 2.19. The van der Waals surface area contributed by atoms with Crippen molar-refractivity contribution in [3.8, 4) is 0 Å². The molecule has 0 aliphatic carbocycles. The van der Waals surface area contributed by atoms with Gasteiger partial charge in [-0.1, -0.05) is 29.3 Å². The Morgan fingerprint density at radius 3 is 2.53 bits per heavy atom. The average Bonchev–Trinajstić information content (AvgIpc) is 2.70. The van der Waals surface area contributed by atoms with Crippen LogP contribution in [-0.2, 0) is 0 Å². The SMILES string of the molecule is Cc1cc(Cl)ccc1C(N)c1c(Cl)cnn1C(C)C. The van der Waals surface area contributed by atoms with Crippen LogP contribution in [0.25, 0.3) is 0 Å². The molecule has 0 amide bonds. The summed E-state index contributed by atoms with van der Waals surface area (Å²) in [5.74, 6) is 0. The van der Waals surface area contributed by atoms with Gasteiger partial charge in [-0.25, -0.2) is 0 Å². The third kappa shape index (κ3) is 2.78. The minimum absolute atomic E-state index is 0.209. The van der Waals surface area contributed by atoms with E-state index < -0.39 is 0 Å². The first-order valence-electron chi connectivity index (χ1n) is 6.16. The first-order chi connectivity index (χ1) is 8.91. The molecule has 0 saturated heterocycles. The van der Waals surface area contributed by atoms with Crippen LogP contribution in [0.2, 0.25) is 10.0 Å².